The van der Waals surface area contributed by atoms with E-state index in [2.05, 4.69) is 106 Å². The number of hydrogen-bond donors (Lipinski definition) is 0. The van der Waals surface area contributed by atoms with E-state index >= 15 is 0 Å². The van der Waals surface area contributed by atoms with Gasteiger partial charge in [0.15, 0.2) is 0 Å². The van der Waals surface area contributed by atoms with Crippen LogP contribution in [0.1, 0.15) is 13.8 Å². The average Bonchev–Trinajstić information content (AvgIpc) is 3.30. The third kappa shape index (κ3) is 2.64. The van der Waals surface area contributed by atoms with Gasteiger partial charge in [0, 0.05) is 21.5 Å². The van der Waals surface area contributed by atoms with Gasteiger partial charge in [-0.15, -0.1) is 0 Å². The van der Waals surface area contributed by atoms with E-state index in [1.54, 1.807) is 0 Å². The van der Waals surface area contributed by atoms with Crippen molar-refractivity contribution in [3.05, 3.63) is 97.1 Å². The van der Waals surface area contributed by atoms with Crippen LogP contribution < -0.4 is 0 Å². The summed E-state index contributed by atoms with van der Waals surface area (Å²) < 4.78 is 4.87. The monoisotopic (exact) mass is 376 g/mol. The highest BCUT2D eigenvalue weighted by molar-refractivity contribution is 6.09. The van der Waals surface area contributed by atoms with Crippen LogP contribution in [-0.2, 0) is 6.67 Å². The SMILES string of the molecule is CC.c1ccc2c(c1)c1ccccc1n2Cn1c2ccccc2c2ccccc21. The smallest absolute Gasteiger partial charge is 0.100 e. The molecule has 6 rings (SSSR count). The second-order valence-corrected chi connectivity index (χ2v) is 7.07. The maximum atomic E-state index is 2.43. The zero-order valence-electron chi connectivity index (χ0n) is 16.8. The molecule has 0 spiro atoms. The summed E-state index contributed by atoms with van der Waals surface area (Å²) in [6.45, 7) is 4.79. The Morgan fingerprint density at radius 2 is 0.655 bits per heavy atom. The van der Waals surface area contributed by atoms with Gasteiger partial charge in [-0.25, -0.2) is 0 Å². The lowest BCUT2D eigenvalue weighted by atomic mass is 10.2. The number of aromatic nitrogens is 2. The zero-order valence-corrected chi connectivity index (χ0v) is 16.8. The van der Waals surface area contributed by atoms with E-state index in [1.165, 1.54) is 43.6 Å². The highest BCUT2D eigenvalue weighted by atomic mass is 15.2. The number of rotatable bonds is 2. The van der Waals surface area contributed by atoms with Gasteiger partial charge in [0.1, 0.15) is 6.67 Å². The van der Waals surface area contributed by atoms with Crippen LogP contribution in [0.5, 0.6) is 0 Å². The van der Waals surface area contributed by atoms with Gasteiger partial charge >= 0.3 is 0 Å². The summed E-state index contributed by atoms with van der Waals surface area (Å²) in [5.74, 6) is 0. The largest absolute Gasteiger partial charge is 0.322 e. The first kappa shape index (κ1) is 17.6. The van der Waals surface area contributed by atoms with Crippen molar-refractivity contribution < 1.29 is 0 Å². The molecule has 0 unspecified atom stereocenters. The second kappa shape index (κ2) is 7.14. The number of benzene rings is 4. The molecule has 0 aliphatic carbocycles. The quantitative estimate of drug-likeness (QED) is 0.297. The molecule has 2 heteroatoms. The molecular weight excluding hydrogens is 352 g/mol. The molecule has 0 radical (unpaired) electrons. The molecule has 4 aromatic carbocycles. The van der Waals surface area contributed by atoms with E-state index in [9.17, 15) is 0 Å². The third-order valence-corrected chi connectivity index (χ3v) is 5.64. The van der Waals surface area contributed by atoms with E-state index in [-0.39, 0.29) is 0 Å². The molecule has 142 valence electrons. The van der Waals surface area contributed by atoms with E-state index in [0.717, 1.165) is 6.67 Å². The molecule has 0 N–H and O–H groups in total. The van der Waals surface area contributed by atoms with Crippen molar-refractivity contribution in [3.63, 3.8) is 0 Å². The Balaban J connectivity index is 0.000000882. The lowest BCUT2D eigenvalue weighted by Crippen LogP contribution is -2.07. The minimum absolute atomic E-state index is 0.794. The summed E-state index contributed by atoms with van der Waals surface area (Å²) in [6.07, 6.45) is 0. The van der Waals surface area contributed by atoms with Gasteiger partial charge in [0.05, 0.1) is 22.1 Å². The summed E-state index contributed by atoms with van der Waals surface area (Å²) in [6, 6.07) is 34.8. The topological polar surface area (TPSA) is 9.86 Å². The fourth-order valence-electron chi connectivity index (χ4n) is 4.45. The number of fused-ring (bicyclic) bond motifs is 6. The molecule has 0 aliphatic rings. The van der Waals surface area contributed by atoms with Gasteiger partial charge < -0.3 is 9.13 Å². The first-order chi connectivity index (χ1) is 14.4. The zero-order chi connectivity index (χ0) is 19.8. The van der Waals surface area contributed by atoms with Crippen LogP contribution in [0.15, 0.2) is 97.1 Å². The lowest BCUT2D eigenvalue weighted by Gasteiger charge is -2.12. The summed E-state index contributed by atoms with van der Waals surface area (Å²) in [7, 11) is 0. The van der Waals surface area contributed by atoms with Gasteiger partial charge in [0.25, 0.3) is 0 Å². The molecule has 0 saturated carbocycles. The van der Waals surface area contributed by atoms with E-state index in [1.807, 2.05) is 13.8 Å². The molecule has 6 aromatic rings. The average molecular weight is 377 g/mol. The molecule has 2 heterocycles. The summed E-state index contributed by atoms with van der Waals surface area (Å²) in [4.78, 5) is 0. The van der Waals surface area contributed by atoms with Crippen molar-refractivity contribution in [1.29, 1.82) is 0 Å². The third-order valence-electron chi connectivity index (χ3n) is 5.64. The highest BCUT2D eigenvalue weighted by Crippen LogP contribution is 2.32. The van der Waals surface area contributed by atoms with Crippen LogP contribution in [0, 0.1) is 0 Å². The van der Waals surface area contributed by atoms with Gasteiger partial charge in [-0.3, -0.25) is 0 Å². The van der Waals surface area contributed by atoms with Crippen molar-refractivity contribution in [2.24, 2.45) is 0 Å². The number of nitrogens with zero attached hydrogens (tertiary/aromatic N) is 2. The lowest BCUT2D eigenvalue weighted by molar-refractivity contribution is 0.682. The Morgan fingerprint density at radius 3 is 0.931 bits per heavy atom. The summed E-state index contributed by atoms with van der Waals surface area (Å²) in [5, 5.41) is 5.26. The fourth-order valence-corrected chi connectivity index (χ4v) is 4.45. The molecule has 2 aromatic heterocycles. The highest BCUT2D eigenvalue weighted by Gasteiger charge is 2.13. The first-order valence-electron chi connectivity index (χ1n) is 10.3. The molecule has 29 heavy (non-hydrogen) atoms. The Labute approximate surface area is 170 Å². The van der Waals surface area contributed by atoms with E-state index in [0.29, 0.717) is 0 Å². The molecular formula is C27H24N2. The predicted molar refractivity (Wildman–Crippen MR) is 126 cm³/mol. The van der Waals surface area contributed by atoms with Crippen molar-refractivity contribution in [3.8, 4) is 0 Å². The molecule has 2 nitrogen and oxygen atoms in total. The molecule has 0 fully saturated rings. The van der Waals surface area contributed by atoms with Crippen molar-refractivity contribution in [2.45, 2.75) is 20.5 Å². The number of hydrogen-bond acceptors (Lipinski definition) is 0. The Hall–Kier alpha value is -3.52. The standard InChI is InChI=1S/C25H18N2.C2H6/c1-5-13-22-18(9-1)19-10-2-6-14-23(19)26(22)17-27-24-15-7-3-11-20(24)21-12-4-8-16-25(21)27;1-2/h1-16H,17H2;1-2H3. The van der Waals surface area contributed by atoms with Crippen LogP contribution in [0.2, 0.25) is 0 Å². The van der Waals surface area contributed by atoms with Gasteiger partial charge in [-0.1, -0.05) is 86.6 Å². The molecule has 0 amide bonds. The van der Waals surface area contributed by atoms with Crippen LogP contribution in [0.4, 0.5) is 0 Å². The minimum atomic E-state index is 0.794. The predicted octanol–water partition coefficient (Wildman–Crippen LogP) is 7.43. The normalized spacial score (nSPS) is 11.2. The molecule has 0 aliphatic heterocycles. The Bertz CT molecular complexity index is 1230. The van der Waals surface area contributed by atoms with E-state index < -0.39 is 0 Å². The molecule has 0 saturated heterocycles. The first-order valence-corrected chi connectivity index (χ1v) is 10.3. The van der Waals surface area contributed by atoms with Gasteiger partial charge in [-0.05, 0) is 24.3 Å². The van der Waals surface area contributed by atoms with Crippen molar-refractivity contribution >= 4 is 43.6 Å². The summed E-state index contributed by atoms with van der Waals surface area (Å²) >= 11 is 0. The van der Waals surface area contributed by atoms with Crippen LogP contribution in [-0.4, -0.2) is 9.13 Å². The van der Waals surface area contributed by atoms with Crippen molar-refractivity contribution in [2.75, 3.05) is 0 Å². The fraction of sp³-hybridized carbons (Fsp3) is 0.111. The number of para-hydroxylation sites is 4. The Morgan fingerprint density at radius 1 is 0.414 bits per heavy atom. The Kier molecular flexibility index (Phi) is 4.33. The summed E-state index contributed by atoms with van der Waals surface area (Å²) in [5.41, 5.74) is 5.11. The van der Waals surface area contributed by atoms with Crippen molar-refractivity contribution in [1.82, 2.24) is 9.13 Å². The second-order valence-electron chi connectivity index (χ2n) is 7.07. The van der Waals surface area contributed by atoms with E-state index in [4.69, 9.17) is 0 Å². The van der Waals surface area contributed by atoms with Crippen LogP contribution >= 0.6 is 0 Å². The minimum Gasteiger partial charge on any atom is -0.322 e. The van der Waals surface area contributed by atoms with Gasteiger partial charge in [-0.2, -0.15) is 0 Å². The van der Waals surface area contributed by atoms with Crippen LogP contribution in [0.25, 0.3) is 43.6 Å². The maximum Gasteiger partial charge on any atom is 0.100 e. The maximum absolute atomic E-state index is 2.43. The van der Waals surface area contributed by atoms with Gasteiger partial charge in [0.2, 0.25) is 0 Å². The van der Waals surface area contributed by atoms with Crippen LogP contribution in [0.3, 0.4) is 0 Å². The molecule has 0 atom stereocenters. The molecule has 0 bridgehead atoms.